The molecule has 0 aliphatic carbocycles. The van der Waals surface area contributed by atoms with E-state index >= 15 is 0 Å². The third-order valence-corrected chi connectivity index (χ3v) is 1.03. The zero-order valence-electron chi connectivity index (χ0n) is 6.18. The maximum atomic E-state index is 10.3. The van der Waals surface area contributed by atoms with Crippen LogP contribution < -0.4 is 5.32 Å². The van der Waals surface area contributed by atoms with Crippen molar-refractivity contribution in [3.05, 3.63) is 0 Å². The minimum absolute atomic E-state index is 0.145. The van der Waals surface area contributed by atoms with Gasteiger partial charge >= 0.3 is 6.41 Å². The molecule has 4 nitrogen and oxygen atoms in total. The molecule has 0 aliphatic rings. The third kappa shape index (κ3) is 3.88. The highest BCUT2D eigenvalue weighted by Crippen LogP contribution is 1.76. The average molecular weight is 143 g/mol. The van der Waals surface area contributed by atoms with Gasteiger partial charge in [0.05, 0.1) is 6.67 Å². The fourth-order valence-electron chi connectivity index (χ4n) is 0.415. The van der Waals surface area contributed by atoms with Crippen LogP contribution in [0.5, 0.6) is 0 Å². The summed E-state index contributed by atoms with van der Waals surface area (Å²) in [6.07, 6.45) is 1.68. The molecule has 0 saturated carbocycles. The molecule has 2 amide bonds. The number of carbonyl (C=O) groups is 1. The molecule has 57 valence electrons. The molecule has 0 saturated heterocycles. The lowest BCUT2D eigenvalue weighted by Crippen LogP contribution is -2.35. The van der Waals surface area contributed by atoms with Crippen LogP contribution >= 0.6 is 0 Å². The van der Waals surface area contributed by atoms with Crippen LogP contribution in [0.1, 0.15) is 13.8 Å². The third-order valence-electron chi connectivity index (χ3n) is 1.03. The molecule has 0 aliphatic heterocycles. The van der Waals surface area contributed by atoms with Gasteiger partial charge in [0.2, 0.25) is 5.91 Å². The highest BCUT2D eigenvalue weighted by atomic mass is 16.2. The van der Waals surface area contributed by atoms with Gasteiger partial charge in [-0.2, -0.15) is 0 Å². The molecule has 0 aromatic carbocycles. The van der Waals surface area contributed by atoms with Gasteiger partial charge in [0.25, 0.3) is 0 Å². The van der Waals surface area contributed by atoms with Crippen molar-refractivity contribution in [3.63, 3.8) is 0 Å². The van der Waals surface area contributed by atoms with E-state index in [-0.39, 0.29) is 12.6 Å². The Morgan fingerprint density at radius 2 is 2.30 bits per heavy atom. The summed E-state index contributed by atoms with van der Waals surface area (Å²) in [5, 5.41) is 2.47. The number of hydrogen-bond acceptors (Lipinski definition) is 2. The van der Waals surface area contributed by atoms with E-state index in [1.54, 1.807) is 6.41 Å². The first kappa shape index (κ1) is 8.94. The molecular weight excluding hydrogens is 132 g/mol. The monoisotopic (exact) mass is 143 g/mol. The van der Waals surface area contributed by atoms with E-state index in [9.17, 15) is 9.59 Å². The van der Waals surface area contributed by atoms with Crippen molar-refractivity contribution >= 4 is 12.3 Å². The van der Waals surface area contributed by atoms with Crippen molar-refractivity contribution in [2.75, 3.05) is 13.2 Å². The molecule has 0 aromatic heterocycles. The fourth-order valence-corrected chi connectivity index (χ4v) is 0.415. The van der Waals surface area contributed by atoms with E-state index in [4.69, 9.17) is 0 Å². The smallest absolute Gasteiger partial charge is 0.313 e. The Kier molecular flexibility index (Phi) is 4.28. The molecule has 1 N–H and O–H groups in total. The van der Waals surface area contributed by atoms with E-state index in [0.29, 0.717) is 6.54 Å². The van der Waals surface area contributed by atoms with E-state index in [1.165, 1.54) is 11.8 Å². The topological polar surface area (TPSA) is 49.4 Å². The van der Waals surface area contributed by atoms with Crippen molar-refractivity contribution < 1.29 is 9.59 Å². The van der Waals surface area contributed by atoms with Gasteiger partial charge in [-0.3, -0.25) is 9.59 Å². The average Bonchev–Trinajstić information content (AvgIpc) is 1.90. The molecule has 0 unspecified atom stereocenters. The van der Waals surface area contributed by atoms with Gasteiger partial charge < -0.3 is 10.2 Å². The lowest BCUT2D eigenvalue weighted by Gasteiger charge is -2.12. The molecule has 1 radical (unpaired) electrons. The summed E-state index contributed by atoms with van der Waals surface area (Å²) in [4.78, 5) is 21.6. The summed E-state index contributed by atoms with van der Waals surface area (Å²) < 4.78 is 0. The molecule has 0 bridgehead atoms. The summed E-state index contributed by atoms with van der Waals surface area (Å²) in [5.41, 5.74) is 0. The van der Waals surface area contributed by atoms with E-state index in [1.807, 2.05) is 6.92 Å². The summed E-state index contributed by atoms with van der Waals surface area (Å²) in [6, 6.07) is 0. The van der Waals surface area contributed by atoms with Crippen LogP contribution in [-0.4, -0.2) is 30.4 Å². The predicted octanol–water partition coefficient (Wildman–Crippen LogP) is -0.531. The van der Waals surface area contributed by atoms with E-state index in [0.717, 1.165) is 0 Å². The Hall–Kier alpha value is -1.06. The van der Waals surface area contributed by atoms with E-state index in [2.05, 4.69) is 5.32 Å². The van der Waals surface area contributed by atoms with Crippen LogP contribution in [0.15, 0.2) is 0 Å². The highest BCUT2D eigenvalue weighted by Gasteiger charge is 1.97. The number of amides is 2. The van der Waals surface area contributed by atoms with Crippen molar-refractivity contribution in [3.8, 4) is 0 Å². The first-order valence-electron chi connectivity index (χ1n) is 3.07. The Morgan fingerprint density at radius 1 is 1.70 bits per heavy atom. The quantitative estimate of drug-likeness (QED) is 0.425. The number of nitrogens with one attached hydrogen (secondary N) is 1. The van der Waals surface area contributed by atoms with Gasteiger partial charge in [0, 0.05) is 13.5 Å². The summed E-state index contributed by atoms with van der Waals surface area (Å²) in [6.45, 7) is 4.02. The van der Waals surface area contributed by atoms with Gasteiger partial charge in [0.1, 0.15) is 0 Å². The zero-order valence-corrected chi connectivity index (χ0v) is 6.18. The zero-order chi connectivity index (χ0) is 7.98. The Morgan fingerprint density at radius 3 is 2.60 bits per heavy atom. The summed E-state index contributed by atoms with van der Waals surface area (Å²) in [5.74, 6) is -0.145. The maximum Gasteiger partial charge on any atom is 0.313 e. The largest absolute Gasteiger partial charge is 0.339 e. The first-order chi connectivity index (χ1) is 4.70. The van der Waals surface area contributed by atoms with Crippen molar-refractivity contribution in [1.82, 2.24) is 10.2 Å². The van der Waals surface area contributed by atoms with Crippen LogP contribution in [0.3, 0.4) is 0 Å². The molecule has 0 aromatic rings. The lowest BCUT2D eigenvalue weighted by atomic mass is 10.6. The van der Waals surface area contributed by atoms with Crippen molar-refractivity contribution in [2.24, 2.45) is 0 Å². The standard InChI is InChI=1S/C6H11N2O2/c1-3-8(5-9)4-7-6(2)10/h3-4H2,1-2H3,(H,7,10). The normalized spacial score (nSPS) is 8.60. The van der Waals surface area contributed by atoms with E-state index < -0.39 is 0 Å². The molecule has 0 heterocycles. The second kappa shape index (κ2) is 4.78. The second-order valence-electron chi connectivity index (χ2n) is 1.84. The fraction of sp³-hybridized carbons (Fsp3) is 0.667. The molecule has 0 rings (SSSR count). The van der Waals surface area contributed by atoms with Crippen molar-refractivity contribution in [1.29, 1.82) is 0 Å². The van der Waals surface area contributed by atoms with Gasteiger partial charge in [-0.05, 0) is 6.92 Å². The molecule has 10 heavy (non-hydrogen) atoms. The van der Waals surface area contributed by atoms with Gasteiger partial charge in [-0.15, -0.1) is 0 Å². The lowest BCUT2D eigenvalue weighted by molar-refractivity contribution is -0.119. The SMILES string of the molecule is CCN([C]=O)CNC(C)=O. The molecule has 0 fully saturated rings. The molecule has 0 spiro atoms. The second-order valence-corrected chi connectivity index (χ2v) is 1.84. The number of nitrogens with zero attached hydrogens (tertiary/aromatic N) is 1. The summed E-state index contributed by atoms with van der Waals surface area (Å²) in [7, 11) is 0. The van der Waals surface area contributed by atoms with Crippen LogP contribution in [0, 0.1) is 0 Å². The molecule has 0 atom stereocenters. The summed E-state index contributed by atoms with van der Waals surface area (Å²) >= 11 is 0. The Labute approximate surface area is 60.2 Å². The number of hydrogen-bond donors (Lipinski definition) is 1. The van der Waals surface area contributed by atoms with Gasteiger partial charge in [-0.1, -0.05) is 0 Å². The maximum absolute atomic E-state index is 10.3. The predicted molar refractivity (Wildman–Crippen MR) is 36.8 cm³/mol. The van der Waals surface area contributed by atoms with Gasteiger partial charge in [-0.25, -0.2) is 0 Å². The molecular formula is C6H11N2O2. The highest BCUT2D eigenvalue weighted by molar-refractivity contribution is 5.72. The minimum Gasteiger partial charge on any atom is -0.339 e. The Bertz CT molecular complexity index is 125. The van der Waals surface area contributed by atoms with Crippen molar-refractivity contribution in [2.45, 2.75) is 13.8 Å². The van der Waals surface area contributed by atoms with Crippen LogP contribution in [-0.2, 0) is 9.59 Å². The number of carbonyl (C=O) groups excluding carboxylic acids is 2. The minimum atomic E-state index is -0.145. The Balaban J connectivity index is 3.44. The first-order valence-corrected chi connectivity index (χ1v) is 3.07. The van der Waals surface area contributed by atoms with Gasteiger partial charge in [0.15, 0.2) is 0 Å². The molecule has 4 heteroatoms. The number of rotatable bonds is 4. The van der Waals surface area contributed by atoms with Crippen LogP contribution in [0.25, 0.3) is 0 Å². The van der Waals surface area contributed by atoms with Crippen LogP contribution in [0.4, 0.5) is 0 Å². The van der Waals surface area contributed by atoms with Crippen LogP contribution in [0.2, 0.25) is 0 Å².